The second kappa shape index (κ2) is 3.92. The van der Waals surface area contributed by atoms with Gasteiger partial charge >= 0.3 is 5.97 Å². The van der Waals surface area contributed by atoms with Gasteiger partial charge in [0.15, 0.2) is 5.65 Å². The highest BCUT2D eigenvalue weighted by atomic mass is 16.4. The molecule has 0 fully saturated rings. The molecule has 0 aliphatic heterocycles. The summed E-state index contributed by atoms with van der Waals surface area (Å²) in [6.45, 7) is 0. The van der Waals surface area contributed by atoms with Gasteiger partial charge in [0.2, 0.25) is 5.82 Å². The van der Waals surface area contributed by atoms with Crippen molar-refractivity contribution in [3.05, 3.63) is 48.5 Å². The lowest BCUT2D eigenvalue weighted by atomic mass is 10.3. The first-order valence-electron chi connectivity index (χ1n) is 5.25. The van der Waals surface area contributed by atoms with Crippen LogP contribution >= 0.6 is 0 Å². The number of carboxylic acids is 1. The van der Waals surface area contributed by atoms with E-state index in [0.717, 1.165) is 5.69 Å². The lowest BCUT2D eigenvalue weighted by Gasteiger charge is -2.02. The molecule has 0 atom stereocenters. The van der Waals surface area contributed by atoms with E-state index in [1.807, 2.05) is 30.3 Å². The van der Waals surface area contributed by atoms with Gasteiger partial charge in [0.1, 0.15) is 0 Å². The van der Waals surface area contributed by atoms with Crippen LogP contribution in [0.15, 0.2) is 42.7 Å². The van der Waals surface area contributed by atoms with Gasteiger partial charge in [-0.1, -0.05) is 18.2 Å². The zero-order chi connectivity index (χ0) is 12.5. The smallest absolute Gasteiger partial charge is 0.374 e. The molecule has 1 N–H and O–H groups in total. The molecule has 0 unspecified atom stereocenters. The van der Waals surface area contributed by atoms with Gasteiger partial charge in [0, 0.05) is 6.20 Å². The van der Waals surface area contributed by atoms with Crippen molar-refractivity contribution in [1.82, 2.24) is 19.7 Å². The van der Waals surface area contributed by atoms with Gasteiger partial charge in [0.25, 0.3) is 0 Å². The first-order chi connectivity index (χ1) is 8.75. The number of rotatable bonds is 2. The molecule has 2 aromatic heterocycles. The molecule has 2 heterocycles. The van der Waals surface area contributed by atoms with Crippen LogP contribution in [0.25, 0.3) is 16.7 Å². The fourth-order valence-corrected chi connectivity index (χ4v) is 1.68. The van der Waals surface area contributed by atoms with E-state index in [9.17, 15) is 4.79 Å². The molecule has 0 aliphatic carbocycles. The van der Waals surface area contributed by atoms with Crippen LogP contribution in [0.5, 0.6) is 0 Å². The molecule has 3 rings (SSSR count). The molecule has 0 aliphatic rings. The van der Waals surface area contributed by atoms with Crippen LogP contribution in [-0.4, -0.2) is 30.8 Å². The van der Waals surface area contributed by atoms with Crippen LogP contribution < -0.4 is 0 Å². The fourth-order valence-electron chi connectivity index (χ4n) is 1.68. The molecule has 88 valence electrons. The Hall–Kier alpha value is -2.76. The molecule has 0 spiro atoms. The van der Waals surface area contributed by atoms with E-state index >= 15 is 0 Å². The maximum Gasteiger partial charge on any atom is 0.374 e. The summed E-state index contributed by atoms with van der Waals surface area (Å²) in [5.41, 5.74) is 1.30. The summed E-state index contributed by atoms with van der Waals surface area (Å²) in [4.78, 5) is 18.6. The summed E-state index contributed by atoms with van der Waals surface area (Å²) < 4.78 is 1.59. The van der Waals surface area contributed by atoms with Crippen molar-refractivity contribution in [2.45, 2.75) is 0 Å². The number of carbonyl (C=O) groups is 1. The van der Waals surface area contributed by atoms with Crippen LogP contribution in [0, 0.1) is 0 Å². The van der Waals surface area contributed by atoms with Gasteiger partial charge in [0.05, 0.1) is 17.3 Å². The highest BCUT2D eigenvalue weighted by molar-refractivity contribution is 5.86. The maximum atomic E-state index is 10.9. The second-order valence-electron chi connectivity index (χ2n) is 3.67. The summed E-state index contributed by atoms with van der Waals surface area (Å²) in [6.07, 6.45) is 3.06. The zero-order valence-corrected chi connectivity index (χ0v) is 9.19. The molecule has 0 saturated carbocycles. The number of aromatic carboxylic acids is 1. The Morgan fingerprint density at radius 3 is 2.67 bits per heavy atom. The highest BCUT2D eigenvalue weighted by Gasteiger charge is 2.11. The third kappa shape index (κ3) is 1.60. The number of benzene rings is 1. The molecule has 0 bridgehead atoms. The summed E-state index contributed by atoms with van der Waals surface area (Å²) in [5.74, 6) is -1.39. The summed E-state index contributed by atoms with van der Waals surface area (Å²) in [7, 11) is 0. The number of para-hydroxylation sites is 1. The molecule has 1 aromatic carbocycles. The predicted molar refractivity (Wildman–Crippen MR) is 63.6 cm³/mol. The molecule has 0 saturated heterocycles. The van der Waals surface area contributed by atoms with E-state index in [0.29, 0.717) is 11.0 Å². The topological polar surface area (TPSA) is 80.9 Å². The average molecular weight is 240 g/mol. The van der Waals surface area contributed by atoms with Crippen LogP contribution in [-0.2, 0) is 0 Å². The summed E-state index contributed by atoms with van der Waals surface area (Å²) in [5, 5.41) is 13.8. The minimum Gasteiger partial charge on any atom is -0.475 e. The molecular formula is C12H8N4O2. The molecule has 3 aromatic rings. The van der Waals surface area contributed by atoms with Crippen molar-refractivity contribution in [2.75, 3.05) is 0 Å². The molecule has 18 heavy (non-hydrogen) atoms. The molecular weight excluding hydrogens is 232 g/mol. The number of carboxylic acid groups (broad SMARTS) is 1. The van der Waals surface area contributed by atoms with E-state index in [1.54, 1.807) is 10.9 Å². The van der Waals surface area contributed by atoms with Crippen molar-refractivity contribution in [2.24, 2.45) is 0 Å². The van der Waals surface area contributed by atoms with Gasteiger partial charge in [-0.2, -0.15) is 5.10 Å². The van der Waals surface area contributed by atoms with Crippen molar-refractivity contribution < 1.29 is 9.90 Å². The van der Waals surface area contributed by atoms with E-state index in [1.165, 1.54) is 6.20 Å². The lowest BCUT2D eigenvalue weighted by molar-refractivity contribution is 0.0684. The van der Waals surface area contributed by atoms with Gasteiger partial charge in [-0.3, -0.25) is 0 Å². The third-order valence-electron chi connectivity index (χ3n) is 2.50. The molecule has 0 amide bonds. The number of hydrogen-bond donors (Lipinski definition) is 1. The Morgan fingerprint density at radius 1 is 1.17 bits per heavy atom. The lowest BCUT2D eigenvalue weighted by Crippen LogP contribution is -2.05. The number of hydrogen-bond acceptors (Lipinski definition) is 4. The van der Waals surface area contributed by atoms with Crippen molar-refractivity contribution in [3.8, 4) is 5.69 Å². The Bertz CT molecular complexity index is 721. The van der Waals surface area contributed by atoms with Crippen LogP contribution in [0.1, 0.15) is 10.6 Å². The standard InChI is InChI=1S/C12H8N4O2/c17-12(18)10-13-6-8-7-14-16(11(8)15-10)9-4-2-1-3-5-9/h1-7H,(H,17,18). The Labute approximate surface area is 102 Å². The van der Waals surface area contributed by atoms with Crippen molar-refractivity contribution >= 4 is 17.0 Å². The third-order valence-corrected chi connectivity index (χ3v) is 2.50. The largest absolute Gasteiger partial charge is 0.475 e. The molecule has 6 nitrogen and oxygen atoms in total. The average Bonchev–Trinajstić information content (AvgIpc) is 2.82. The van der Waals surface area contributed by atoms with E-state index < -0.39 is 5.97 Å². The Morgan fingerprint density at radius 2 is 1.94 bits per heavy atom. The molecule has 6 heteroatoms. The van der Waals surface area contributed by atoms with Crippen LogP contribution in [0.2, 0.25) is 0 Å². The highest BCUT2D eigenvalue weighted by Crippen LogP contribution is 2.15. The van der Waals surface area contributed by atoms with E-state index in [-0.39, 0.29) is 5.82 Å². The second-order valence-corrected chi connectivity index (χ2v) is 3.67. The first kappa shape index (κ1) is 10.4. The number of nitrogens with zero attached hydrogens (tertiary/aromatic N) is 4. The minimum absolute atomic E-state index is 0.236. The fraction of sp³-hybridized carbons (Fsp3) is 0. The monoisotopic (exact) mass is 240 g/mol. The Kier molecular flexibility index (Phi) is 2.26. The van der Waals surface area contributed by atoms with E-state index in [4.69, 9.17) is 5.11 Å². The maximum absolute atomic E-state index is 10.9. The zero-order valence-electron chi connectivity index (χ0n) is 9.19. The summed E-state index contributed by atoms with van der Waals surface area (Å²) in [6, 6.07) is 9.39. The van der Waals surface area contributed by atoms with Crippen molar-refractivity contribution in [1.29, 1.82) is 0 Å². The van der Waals surface area contributed by atoms with E-state index in [2.05, 4.69) is 15.1 Å². The van der Waals surface area contributed by atoms with Gasteiger partial charge < -0.3 is 5.11 Å². The van der Waals surface area contributed by atoms with Gasteiger partial charge in [-0.15, -0.1) is 0 Å². The Balaban J connectivity index is 2.24. The number of aromatic nitrogens is 4. The SMILES string of the molecule is O=C(O)c1ncc2cnn(-c3ccccc3)c2n1. The first-order valence-corrected chi connectivity index (χ1v) is 5.25. The molecule has 0 radical (unpaired) electrons. The van der Waals surface area contributed by atoms with Crippen LogP contribution in [0.3, 0.4) is 0 Å². The number of fused-ring (bicyclic) bond motifs is 1. The van der Waals surface area contributed by atoms with Crippen molar-refractivity contribution in [3.63, 3.8) is 0 Å². The predicted octanol–water partition coefficient (Wildman–Crippen LogP) is 1.51. The normalized spacial score (nSPS) is 10.7. The minimum atomic E-state index is -1.15. The van der Waals surface area contributed by atoms with Crippen LogP contribution in [0.4, 0.5) is 0 Å². The van der Waals surface area contributed by atoms with Gasteiger partial charge in [-0.25, -0.2) is 19.4 Å². The quantitative estimate of drug-likeness (QED) is 0.734. The summed E-state index contributed by atoms with van der Waals surface area (Å²) >= 11 is 0. The van der Waals surface area contributed by atoms with Gasteiger partial charge in [-0.05, 0) is 12.1 Å².